The van der Waals surface area contributed by atoms with Crippen molar-refractivity contribution in [2.75, 3.05) is 6.61 Å². The lowest BCUT2D eigenvalue weighted by atomic mass is 9.81. The van der Waals surface area contributed by atoms with Crippen LogP contribution in [-0.2, 0) is 14.3 Å². The predicted molar refractivity (Wildman–Crippen MR) is 131 cm³/mol. The third-order valence-electron chi connectivity index (χ3n) is 7.84. The highest BCUT2D eigenvalue weighted by molar-refractivity contribution is 5.89. The van der Waals surface area contributed by atoms with Gasteiger partial charge in [-0.3, -0.25) is 4.79 Å². The minimum Gasteiger partial charge on any atom is -0.480 e. The predicted octanol–water partition coefficient (Wildman–Crippen LogP) is 4.60. The number of carboxylic acids is 1. The molecule has 2 aromatic carbocycles. The number of alkyl carbamates (subject to hydrolysis) is 1. The summed E-state index contributed by atoms with van der Waals surface area (Å²) in [4.78, 5) is 36.4. The number of rotatable bonds is 8. The van der Waals surface area contributed by atoms with Crippen molar-refractivity contribution >= 4 is 18.0 Å². The van der Waals surface area contributed by atoms with E-state index in [0.717, 1.165) is 25.7 Å². The minimum atomic E-state index is -1.05. The number of carbonyl (C=O) groups excluding carboxylic acids is 2. The molecular formula is C28H32N2O5. The summed E-state index contributed by atoms with van der Waals surface area (Å²) in [7, 11) is 0. The number of nitrogens with one attached hydrogen (secondary N) is 2. The van der Waals surface area contributed by atoms with Crippen molar-refractivity contribution < 1.29 is 24.2 Å². The average molecular weight is 477 g/mol. The Morgan fingerprint density at radius 3 is 2.20 bits per heavy atom. The molecule has 0 bridgehead atoms. The molecule has 5 rings (SSSR count). The third kappa shape index (κ3) is 4.90. The zero-order valence-electron chi connectivity index (χ0n) is 19.8. The van der Waals surface area contributed by atoms with E-state index in [-0.39, 0.29) is 36.8 Å². The minimum absolute atomic E-state index is 0.0166. The monoisotopic (exact) mass is 476 g/mol. The smallest absolute Gasteiger partial charge is 0.407 e. The van der Waals surface area contributed by atoms with Crippen molar-refractivity contribution in [3.8, 4) is 11.1 Å². The van der Waals surface area contributed by atoms with Crippen LogP contribution in [0.5, 0.6) is 0 Å². The van der Waals surface area contributed by atoms with Crippen LogP contribution in [0.4, 0.5) is 4.79 Å². The van der Waals surface area contributed by atoms with Crippen molar-refractivity contribution in [1.29, 1.82) is 0 Å². The maximum Gasteiger partial charge on any atom is 0.407 e. The molecule has 0 heterocycles. The first kappa shape index (κ1) is 23.4. The van der Waals surface area contributed by atoms with E-state index in [4.69, 9.17) is 4.74 Å². The van der Waals surface area contributed by atoms with Crippen molar-refractivity contribution in [2.45, 2.75) is 68.9 Å². The number of hydrogen-bond donors (Lipinski definition) is 3. The van der Waals surface area contributed by atoms with Crippen LogP contribution in [0.2, 0.25) is 0 Å². The lowest BCUT2D eigenvalue weighted by molar-refractivity contribution is -0.143. The molecule has 7 heteroatoms. The molecule has 2 aromatic rings. The molecular weight excluding hydrogens is 444 g/mol. The standard InChI is InChI=1S/C28H32N2O5/c31-25(30-28(15-16-28)26(32)33)14-13-18-7-1-6-12-24(18)29-27(34)35-17-23-21-10-4-2-8-19(21)20-9-3-5-11-22(20)23/h2-5,8-11,18,23-24H,1,6-7,12-17H2,(H,29,34)(H,30,31)(H,32,33). The first-order valence-electron chi connectivity index (χ1n) is 12.6. The quantitative estimate of drug-likeness (QED) is 0.517. The number of benzene rings is 2. The van der Waals surface area contributed by atoms with E-state index in [9.17, 15) is 19.5 Å². The molecule has 2 fully saturated rings. The SMILES string of the molecule is O=C(CCC1CCCCC1NC(=O)OCC1c2ccccc2-c2ccccc21)NC1(C(=O)O)CC1. The Morgan fingerprint density at radius 2 is 1.57 bits per heavy atom. The second-order valence-electron chi connectivity index (χ2n) is 10.1. The molecule has 0 aliphatic heterocycles. The second-order valence-corrected chi connectivity index (χ2v) is 10.1. The average Bonchev–Trinajstić information content (AvgIpc) is 3.58. The molecule has 0 radical (unpaired) electrons. The van der Waals surface area contributed by atoms with E-state index in [2.05, 4.69) is 34.9 Å². The number of hydrogen-bond acceptors (Lipinski definition) is 4. The molecule has 0 aromatic heterocycles. The van der Waals surface area contributed by atoms with Gasteiger partial charge in [-0.25, -0.2) is 9.59 Å². The van der Waals surface area contributed by atoms with E-state index in [1.54, 1.807) is 0 Å². The Hall–Kier alpha value is -3.35. The fourth-order valence-electron chi connectivity index (χ4n) is 5.70. The summed E-state index contributed by atoms with van der Waals surface area (Å²) in [5, 5.41) is 15.0. The molecule has 184 valence electrons. The molecule has 2 saturated carbocycles. The fraction of sp³-hybridized carbons (Fsp3) is 0.464. The third-order valence-corrected chi connectivity index (χ3v) is 7.84. The van der Waals surface area contributed by atoms with Gasteiger partial charge in [-0.05, 0) is 60.3 Å². The molecule has 2 atom stereocenters. The van der Waals surface area contributed by atoms with Gasteiger partial charge in [-0.1, -0.05) is 61.4 Å². The summed E-state index contributed by atoms with van der Waals surface area (Å²) >= 11 is 0. The van der Waals surface area contributed by atoms with Gasteiger partial charge < -0.3 is 20.5 Å². The Balaban J connectivity index is 1.15. The van der Waals surface area contributed by atoms with E-state index in [1.165, 1.54) is 22.3 Å². The second kappa shape index (κ2) is 9.72. The summed E-state index contributed by atoms with van der Waals surface area (Å²) in [6.07, 6.45) is 5.33. The van der Waals surface area contributed by atoms with Crippen molar-refractivity contribution in [1.82, 2.24) is 10.6 Å². The lowest BCUT2D eigenvalue weighted by Crippen LogP contribution is -2.45. The first-order chi connectivity index (χ1) is 17.0. The van der Waals surface area contributed by atoms with Gasteiger partial charge in [0, 0.05) is 18.4 Å². The van der Waals surface area contributed by atoms with E-state index < -0.39 is 17.6 Å². The van der Waals surface area contributed by atoms with Crippen LogP contribution < -0.4 is 10.6 Å². The Bertz CT molecular complexity index is 1080. The van der Waals surface area contributed by atoms with E-state index in [1.807, 2.05) is 24.3 Å². The van der Waals surface area contributed by atoms with Gasteiger partial charge in [0.25, 0.3) is 0 Å². The lowest BCUT2D eigenvalue weighted by Gasteiger charge is -2.32. The van der Waals surface area contributed by atoms with Crippen molar-refractivity contribution in [3.05, 3.63) is 59.7 Å². The summed E-state index contributed by atoms with van der Waals surface area (Å²) in [5.41, 5.74) is 3.69. The van der Waals surface area contributed by atoms with Crippen LogP contribution >= 0.6 is 0 Å². The van der Waals surface area contributed by atoms with Crippen LogP contribution in [0.15, 0.2) is 48.5 Å². The normalized spacial score (nSPS) is 21.9. The van der Waals surface area contributed by atoms with Gasteiger partial charge in [0.1, 0.15) is 12.1 Å². The Kier molecular flexibility index (Phi) is 6.50. The topological polar surface area (TPSA) is 105 Å². The van der Waals surface area contributed by atoms with Crippen LogP contribution in [0.3, 0.4) is 0 Å². The fourth-order valence-corrected chi connectivity index (χ4v) is 5.70. The number of carboxylic acid groups (broad SMARTS) is 1. The van der Waals surface area contributed by atoms with Crippen LogP contribution in [-0.4, -0.2) is 41.3 Å². The number of amides is 2. The maximum atomic E-state index is 12.8. The highest BCUT2D eigenvalue weighted by atomic mass is 16.5. The molecule has 7 nitrogen and oxygen atoms in total. The molecule has 3 aliphatic rings. The maximum absolute atomic E-state index is 12.8. The molecule has 0 spiro atoms. The largest absolute Gasteiger partial charge is 0.480 e. The molecule has 35 heavy (non-hydrogen) atoms. The summed E-state index contributed by atoms with van der Waals surface area (Å²) in [6.45, 7) is 0.275. The van der Waals surface area contributed by atoms with Crippen LogP contribution in [0, 0.1) is 5.92 Å². The number of fused-ring (bicyclic) bond motifs is 3. The van der Waals surface area contributed by atoms with Gasteiger partial charge in [0.2, 0.25) is 5.91 Å². The summed E-state index contributed by atoms with van der Waals surface area (Å²) in [5.74, 6) is -0.994. The highest BCUT2D eigenvalue weighted by Crippen LogP contribution is 2.44. The van der Waals surface area contributed by atoms with Gasteiger partial charge in [-0.2, -0.15) is 0 Å². The molecule has 2 unspecified atom stereocenters. The zero-order chi connectivity index (χ0) is 24.4. The molecule has 3 N–H and O–H groups in total. The number of ether oxygens (including phenoxy) is 1. The number of aliphatic carboxylic acids is 1. The van der Waals surface area contributed by atoms with Gasteiger partial charge in [0.05, 0.1) is 0 Å². The molecule has 2 amide bonds. The highest BCUT2D eigenvalue weighted by Gasteiger charge is 2.51. The van der Waals surface area contributed by atoms with Gasteiger partial charge >= 0.3 is 12.1 Å². The van der Waals surface area contributed by atoms with Crippen LogP contribution in [0.25, 0.3) is 11.1 Å². The van der Waals surface area contributed by atoms with E-state index >= 15 is 0 Å². The van der Waals surface area contributed by atoms with Crippen molar-refractivity contribution in [2.24, 2.45) is 5.92 Å². The van der Waals surface area contributed by atoms with Crippen molar-refractivity contribution in [3.63, 3.8) is 0 Å². The van der Waals surface area contributed by atoms with Gasteiger partial charge in [-0.15, -0.1) is 0 Å². The zero-order valence-corrected chi connectivity index (χ0v) is 19.8. The van der Waals surface area contributed by atoms with Gasteiger partial charge in [0.15, 0.2) is 0 Å². The number of carbonyl (C=O) groups is 3. The summed E-state index contributed by atoms with van der Waals surface area (Å²) < 4.78 is 5.72. The summed E-state index contributed by atoms with van der Waals surface area (Å²) in [6, 6.07) is 16.5. The molecule has 0 saturated heterocycles. The Labute approximate surface area is 205 Å². The first-order valence-corrected chi connectivity index (χ1v) is 12.6. The molecule has 3 aliphatic carbocycles. The van der Waals surface area contributed by atoms with E-state index in [0.29, 0.717) is 19.3 Å². The Morgan fingerprint density at radius 1 is 0.943 bits per heavy atom. The van der Waals surface area contributed by atoms with Crippen LogP contribution in [0.1, 0.15) is 68.4 Å².